The van der Waals surface area contributed by atoms with Crippen LogP contribution in [0.25, 0.3) is 10.9 Å². The molecule has 0 saturated carbocycles. The molecule has 0 radical (unpaired) electrons. The standard InChI is InChI=1S/C22H23N3O3/c26-21(11-10-20-23-19-9-5-4-8-18(19)22(27)24-20)25-14-12-17(13-15-25)28-16-6-2-1-3-7-16/h1-9,17H,10-15H2,(H,23,24,27). The molecule has 1 aliphatic heterocycles. The number of carbonyl (C=O) groups excluding carboxylic acids is 1. The van der Waals surface area contributed by atoms with Crippen molar-refractivity contribution >= 4 is 16.8 Å². The first-order valence-corrected chi connectivity index (χ1v) is 9.66. The minimum absolute atomic E-state index is 0.0916. The lowest BCUT2D eigenvalue weighted by Gasteiger charge is -2.32. The zero-order chi connectivity index (χ0) is 19.3. The molecule has 1 N–H and O–H groups in total. The zero-order valence-electron chi connectivity index (χ0n) is 15.6. The number of amides is 1. The Balaban J connectivity index is 1.30. The highest BCUT2D eigenvalue weighted by Crippen LogP contribution is 2.19. The van der Waals surface area contributed by atoms with Crippen molar-refractivity contribution in [3.8, 4) is 5.75 Å². The number of likely N-dealkylation sites (tertiary alicyclic amines) is 1. The summed E-state index contributed by atoms with van der Waals surface area (Å²) in [4.78, 5) is 33.8. The van der Waals surface area contributed by atoms with Crippen molar-refractivity contribution in [1.29, 1.82) is 0 Å². The number of benzene rings is 2. The van der Waals surface area contributed by atoms with Crippen molar-refractivity contribution in [2.24, 2.45) is 0 Å². The van der Waals surface area contributed by atoms with Gasteiger partial charge in [0.15, 0.2) is 0 Å². The summed E-state index contributed by atoms with van der Waals surface area (Å²) in [6.07, 6.45) is 2.56. The normalized spacial score (nSPS) is 14.9. The third-order valence-electron chi connectivity index (χ3n) is 5.08. The van der Waals surface area contributed by atoms with Crippen LogP contribution in [0.5, 0.6) is 5.75 Å². The summed E-state index contributed by atoms with van der Waals surface area (Å²) in [5.74, 6) is 1.52. The number of H-pyrrole nitrogens is 1. The summed E-state index contributed by atoms with van der Waals surface area (Å²) in [7, 11) is 0. The van der Waals surface area contributed by atoms with E-state index < -0.39 is 0 Å². The predicted octanol–water partition coefficient (Wildman–Crippen LogP) is 2.93. The molecule has 1 aliphatic rings. The van der Waals surface area contributed by atoms with Gasteiger partial charge in [-0.1, -0.05) is 30.3 Å². The molecule has 1 saturated heterocycles. The molecular formula is C22H23N3O3. The fourth-order valence-corrected chi connectivity index (χ4v) is 3.55. The molecule has 28 heavy (non-hydrogen) atoms. The maximum Gasteiger partial charge on any atom is 0.258 e. The number of fused-ring (bicyclic) bond motifs is 1. The number of ether oxygens (including phenoxy) is 1. The molecule has 144 valence electrons. The van der Waals surface area contributed by atoms with Crippen LogP contribution in [-0.4, -0.2) is 40.0 Å². The Kier molecular flexibility index (Phi) is 5.37. The topological polar surface area (TPSA) is 75.3 Å². The number of para-hydroxylation sites is 2. The number of hydrogen-bond donors (Lipinski definition) is 1. The lowest BCUT2D eigenvalue weighted by atomic mass is 10.1. The van der Waals surface area contributed by atoms with Crippen LogP contribution in [0.1, 0.15) is 25.1 Å². The monoisotopic (exact) mass is 377 g/mol. The van der Waals surface area contributed by atoms with Gasteiger partial charge in [-0.15, -0.1) is 0 Å². The molecule has 2 heterocycles. The maximum absolute atomic E-state index is 12.6. The van der Waals surface area contributed by atoms with Crippen molar-refractivity contribution in [2.75, 3.05) is 13.1 Å². The highest BCUT2D eigenvalue weighted by Gasteiger charge is 2.23. The van der Waals surface area contributed by atoms with Crippen molar-refractivity contribution in [3.63, 3.8) is 0 Å². The van der Waals surface area contributed by atoms with Gasteiger partial charge in [0.2, 0.25) is 5.91 Å². The van der Waals surface area contributed by atoms with Gasteiger partial charge in [-0.25, -0.2) is 4.98 Å². The van der Waals surface area contributed by atoms with Crippen LogP contribution in [0, 0.1) is 0 Å². The van der Waals surface area contributed by atoms with E-state index in [1.807, 2.05) is 53.4 Å². The third kappa shape index (κ3) is 4.22. The third-order valence-corrected chi connectivity index (χ3v) is 5.08. The number of nitrogens with zero attached hydrogens (tertiary/aromatic N) is 2. The second kappa shape index (κ2) is 8.25. The predicted molar refractivity (Wildman–Crippen MR) is 107 cm³/mol. The largest absolute Gasteiger partial charge is 0.490 e. The highest BCUT2D eigenvalue weighted by atomic mass is 16.5. The van der Waals surface area contributed by atoms with Gasteiger partial charge < -0.3 is 14.6 Å². The molecule has 6 heteroatoms. The molecule has 0 unspecified atom stereocenters. The van der Waals surface area contributed by atoms with Crippen LogP contribution >= 0.6 is 0 Å². The second-order valence-corrected chi connectivity index (χ2v) is 7.04. The number of aryl methyl sites for hydroxylation is 1. The van der Waals surface area contributed by atoms with Crippen LogP contribution in [0.4, 0.5) is 0 Å². The average Bonchev–Trinajstić information content (AvgIpc) is 2.73. The van der Waals surface area contributed by atoms with E-state index >= 15 is 0 Å². The molecule has 0 spiro atoms. The Morgan fingerprint density at radius 2 is 1.79 bits per heavy atom. The molecule has 1 aromatic heterocycles. The summed E-state index contributed by atoms with van der Waals surface area (Å²) in [5, 5.41) is 0.568. The van der Waals surface area contributed by atoms with Crippen molar-refractivity contribution in [3.05, 3.63) is 70.8 Å². The van der Waals surface area contributed by atoms with Crippen molar-refractivity contribution < 1.29 is 9.53 Å². The molecule has 1 amide bonds. The first-order valence-electron chi connectivity index (χ1n) is 9.66. The van der Waals surface area contributed by atoms with E-state index in [0.717, 1.165) is 18.6 Å². The van der Waals surface area contributed by atoms with E-state index in [1.54, 1.807) is 6.07 Å². The van der Waals surface area contributed by atoms with E-state index in [0.29, 0.717) is 42.7 Å². The number of aromatic amines is 1. The van der Waals surface area contributed by atoms with E-state index in [4.69, 9.17) is 4.74 Å². The van der Waals surface area contributed by atoms with Crippen LogP contribution in [0.3, 0.4) is 0 Å². The van der Waals surface area contributed by atoms with Crippen LogP contribution < -0.4 is 10.3 Å². The Morgan fingerprint density at radius 1 is 1.07 bits per heavy atom. The minimum atomic E-state index is -0.160. The number of carbonyl (C=O) groups is 1. The Hall–Kier alpha value is -3.15. The van der Waals surface area contributed by atoms with E-state index in [2.05, 4.69) is 9.97 Å². The second-order valence-electron chi connectivity index (χ2n) is 7.04. The molecule has 0 aliphatic carbocycles. The highest BCUT2D eigenvalue weighted by molar-refractivity contribution is 5.78. The maximum atomic E-state index is 12.6. The van der Waals surface area contributed by atoms with Crippen LogP contribution in [0.15, 0.2) is 59.4 Å². The van der Waals surface area contributed by atoms with Gasteiger partial charge in [0.05, 0.1) is 10.9 Å². The van der Waals surface area contributed by atoms with Gasteiger partial charge in [0, 0.05) is 38.8 Å². The molecule has 3 aromatic rings. The molecule has 0 atom stereocenters. The van der Waals surface area contributed by atoms with Gasteiger partial charge in [-0.05, 0) is 24.3 Å². The van der Waals surface area contributed by atoms with Gasteiger partial charge in [0.25, 0.3) is 5.56 Å². The first-order chi connectivity index (χ1) is 13.7. The minimum Gasteiger partial charge on any atom is -0.490 e. The molecule has 2 aromatic carbocycles. The lowest BCUT2D eigenvalue weighted by molar-refractivity contribution is -0.133. The SMILES string of the molecule is O=C(CCc1nc2ccccc2c(=O)[nH]1)N1CCC(Oc2ccccc2)CC1. The smallest absolute Gasteiger partial charge is 0.258 e. The molecule has 4 rings (SSSR count). The molecular weight excluding hydrogens is 354 g/mol. The fraction of sp³-hybridized carbons (Fsp3) is 0.318. The summed E-state index contributed by atoms with van der Waals surface area (Å²) in [6, 6.07) is 17.0. The van der Waals surface area contributed by atoms with E-state index in [1.165, 1.54) is 0 Å². The number of piperidine rings is 1. The zero-order valence-corrected chi connectivity index (χ0v) is 15.6. The van der Waals surface area contributed by atoms with Gasteiger partial charge >= 0.3 is 0 Å². The fourth-order valence-electron chi connectivity index (χ4n) is 3.55. The summed E-state index contributed by atoms with van der Waals surface area (Å²) >= 11 is 0. The summed E-state index contributed by atoms with van der Waals surface area (Å²) in [6.45, 7) is 1.38. The first kappa shape index (κ1) is 18.2. The van der Waals surface area contributed by atoms with Crippen molar-refractivity contribution in [2.45, 2.75) is 31.8 Å². The molecule has 0 bridgehead atoms. The number of aromatic nitrogens is 2. The van der Waals surface area contributed by atoms with Crippen LogP contribution in [0.2, 0.25) is 0 Å². The number of nitrogens with one attached hydrogen (secondary N) is 1. The summed E-state index contributed by atoms with van der Waals surface area (Å²) in [5.41, 5.74) is 0.500. The average molecular weight is 377 g/mol. The Morgan fingerprint density at radius 3 is 2.57 bits per heavy atom. The quantitative estimate of drug-likeness (QED) is 0.742. The molecule has 1 fully saturated rings. The summed E-state index contributed by atoms with van der Waals surface area (Å²) < 4.78 is 5.98. The van der Waals surface area contributed by atoms with E-state index in [9.17, 15) is 9.59 Å². The van der Waals surface area contributed by atoms with E-state index in [-0.39, 0.29) is 17.6 Å². The van der Waals surface area contributed by atoms with Crippen molar-refractivity contribution in [1.82, 2.24) is 14.9 Å². The van der Waals surface area contributed by atoms with Gasteiger partial charge in [-0.2, -0.15) is 0 Å². The lowest BCUT2D eigenvalue weighted by Crippen LogP contribution is -2.41. The van der Waals surface area contributed by atoms with Gasteiger partial charge in [0.1, 0.15) is 17.7 Å². The number of hydrogen-bond acceptors (Lipinski definition) is 4. The molecule has 6 nitrogen and oxygen atoms in total. The Labute approximate surface area is 163 Å². The van der Waals surface area contributed by atoms with Gasteiger partial charge in [-0.3, -0.25) is 9.59 Å². The Bertz CT molecular complexity index is 1010. The van der Waals surface area contributed by atoms with Crippen LogP contribution in [-0.2, 0) is 11.2 Å². The number of rotatable bonds is 5.